The van der Waals surface area contributed by atoms with Crippen LogP contribution >= 0.6 is 26.6 Å². The van der Waals surface area contributed by atoms with Gasteiger partial charge in [0.25, 0.3) is 9.05 Å². The third-order valence-corrected chi connectivity index (χ3v) is 3.97. The maximum Gasteiger partial charge on any atom is 0.266 e. The minimum Gasteiger partial charge on any atom is -0.454 e. The van der Waals surface area contributed by atoms with Crippen molar-refractivity contribution in [2.75, 3.05) is 6.79 Å². The van der Waals surface area contributed by atoms with Gasteiger partial charge in [-0.25, -0.2) is 8.42 Å². The predicted molar refractivity (Wildman–Crippen MR) is 53.3 cm³/mol. The van der Waals surface area contributed by atoms with Gasteiger partial charge in [0.2, 0.25) is 6.79 Å². The van der Waals surface area contributed by atoms with Crippen LogP contribution in [0.3, 0.4) is 0 Å². The van der Waals surface area contributed by atoms with Gasteiger partial charge in [0.1, 0.15) is 4.90 Å². The van der Waals surface area contributed by atoms with Crippen LogP contribution in [0.2, 0.25) is 0 Å². The van der Waals surface area contributed by atoms with Crippen LogP contribution in [-0.4, -0.2) is 15.2 Å². The van der Waals surface area contributed by atoms with Crippen LogP contribution in [0, 0.1) is 0 Å². The molecule has 0 bridgehead atoms. The van der Waals surface area contributed by atoms with Crippen LogP contribution in [-0.2, 0) is 9.05 Å². The molecule has 0 N–H and O–H groups in total. The first-order valence-corrected chi connectivity index (χ1v) is 6.63. The van der Waals surface area contributed by atoms with Crippen molar-refractivity contribution in [1.29, 1.82) is 0 Å². The summed E-state index contributed by atoms with van der Waals surface area (Å²) in [6.45, 7) is 0.00515. The average molecular weight is 300 g/mol. The molecule has 0 spiro atoms. The fourth-order valence-corrected chi connectivity index (χ4v) is 3.52. The summed E-state index contributed by atoms with van der Waals surface area (Å²) in [5.74, 6) is 0.543. The molecule has 0 radical (unpaired) electrons. The SMILES string of the molecule is O=S(=O)(Cl)c1c(Br)ccc2c1OCO2. The Morgan fingerprint density at radius 2 is 2.07 bits per heavy atom. The number of rotatable bonds is 1. The Balaban J connectivity index is 2.76. The quantitative estimate of drug-likeness (QED) is 0.745. The van der Waals surface area contributed by atoms with Crippen molar-refractivity contribution in [1.82, 2.24) is 0 Å². The Hall–Kier alpha value is -0.460. The monoisotopic (exact) mass is 298 g/mol. The van der Waals surface area contributed by atoms with Crippen LogP contribution in [0.4, 0.5) is 0 Å². The van der Waals surface area contributed by atoms with E-state index in [0.717, 1.165) is 0 Å². The smallest absolute Gasteiger partial charge is 0.266 e. The first-order chi connectivity index (χ1) is 6.50. The van der Waals surface area contributed by atoms with Crippen molar-refractivity contribution in [3.63, 3.8) is 0 Å². The van der Waals surface area contributed by atoms with Crippen molar-refractivity contribution in [3.05, 3.63) is 16.6 Å². The van der Waals surface area contributed by atoms with Gasteiger partial charge in [-0.1, -0.05) is 0 Å². The first kappa shape index (κ1) is 10.1. The maximum absolute atomic E-state index is 11.2. The second kappa shape index (κ2) is 3.29. The van der Waals surface area contributed by atoms with Gasteiger partial charge in [0.05, 0.1) is 0 Å². The van der Waals surface area contributed by atoms with E-state index in [-0.39, 0.29) is 17.4 Å². The zero-order chi connectivity index (χ0) is 10.3. The Morgan fingerprint density at radius 3 is 2.71 bits per heavy atom. The second-order valence-electron chi connectivity index (χ2n) is 2.55. The Morgan fingerprint density at radius 1 is 1.36 bits per heavy atom. The molecule has 1 aliphatic rings. The number of fused-ring (bicyclic) bond motifs is 1. The topological polar surface area (TPSA) is 52.6 Å². The highest BCUT2D eigenvalue weighted by Gasteiger charge is 2.27. The molecule has 0 aliphatic carbocycles. The summed E-state index contributed by atoms with van der Waals surface area (Å²) >= 11 is 3.09. The summed E-state index contributed by atoms with van der Waals surface area (Å²) in [6.07, 6.45) is 0. The van der Waals surface area contributed by atoms with Gasteiger partial charge in [-0.2, -0.15) is 0 Å². The van der Waals surface area contributed by atoms with Gasteiger partial charge in [0.15, 0.2) is 11.5 Å². The molecule has 0 saturated carbocycles. The van der Waals surface area contributed by atoms with Crippen LogP contribution in [0.15, 0.2) is 21.5 Å². The highest BCUT2D eigenvalue weighted by atomic mass is 79.9. The summed E-state index contributed by atoms with van der Waals surface area (Å²) in [5.41, 5.74) is 0. The molecular weight excluding hydrogens is 295 g/mol. The molecule has 0 saturated heterocycles. The van der Waals surface area contributed by atoms with E-state index in [1.165, 1.54) is 0 Å². The fraction of sp³-hybridized carbons (Fsp3) is 0.143. The van der Waals surface area contributed by atoms with E-state index in [1.54, 1.807) is 12.1 Å². The van der Waals surface area contributed by atoms with Crippen molar-refractivity contribution < 1.29 is 17.9 Å². The summed E-state index contributed by atoms with van der Waals surface area (Å²) in [6, 6.07) is 3.15. The van der Waals surface area contributed by atoms with E-state index in [1.807, 2.05) is 0 Å². The predicted octanol–water partition coefficient (Wildman–Crippen LogP) is 2.11. The summed E-state index contributed by atoms with van der Waals surface area (Å²) < 4.78 is 32.8. The van der Waals surface area contributed by atoms with Crippen molar-refractivity contribution in [2.24, 2.45) is 0 Å². The molecule has 14 heavy (non-hydrogen) atoms. The van der Waals surface area contributed by atoms with Gasteiger partial charge in [-0.15, -0.1) is 0 Å². The molecule has 4 nitrogen and oxygen atoms in total. The van der Waals surface area contributed by atoms with E-state index in [9.17, 15) is 8.42 Å². The van der Waals surface area contributed by atoms with Crippen molar-refractivity contribution >= 4 is 35.7 Å². The standard InChI is InChI=1S/C7H4BrClO4S/c8-4-1-2-5-6(13-3-12-5)7(4)14(9,10)11/h1-2H,3H2. The van der Waals surface area contributed by atoms with Gasteiger partial charge >= 0.3 is 0 Å². The number of halogens is 2. The van der Waals surface area contributed by atoms with Gasteiger partial charge < -0.3 is 9.47 Å². The lowest BCUT2D eigenvalue weighted by Crippen LogP contribution is -1.97. The molecule has 1 aromatic rings. The molecule has 1 aromatic carbocycles. The number of benzene rings is 1. The molecular formula is C7H4BrClO4S. The number of hydrogen-bond donors (Lipinski definition) is 0. The lowest BCUT2D eigenvalue weighted by Gasteiger charge is -2.03. The minimum atomic E-state index is -3.84. The first-order valence-electron chi connectivity index (χ1n) is 3.53. The van der Waals surface area contributed by atoms with Gasteiger partial charge in [0, 0.05) is 15.2 Å². The molecule has 0 unspecified atom stereocenters. The molecule has 2 rings (SSSR count). The van der Waals surface area contributed by atoms with Crippen LogP contribution < -0.4 is 9.47 Å². The number of hydrogen-bond acceptors (Lipinski definition) is 4. The number of ether oxygens (including phenoxy) is 2. The third-order valence-electron chi connectivity index (χ3n) is 1.69. The van der Waals surface area contributed by atoms with E-state index in [4.69, 9.17) is 20.2 Å². The Bertz CT molecular complexity index is 485. The van der Waals surface area contributed by atoms with Crippen molar-refractivity contribution in [2.45, 2.75) is 4.90 Å². The summed E-state index contributed by atoms with van der Waals surface area (Å²) in [5, 5.41) is 0. The molecule has 7 heteroatoms. The maximum atomic E-state index is 11.2. The van der Waals surface area contributed by atoms with E-state index < -0.39 is 9.05 Å². The Labute approximate surface area is 93.3 Å². The zero-order valence-corrected chi connectivity index (χ0v) is 9.82. The second-order valence-corrected chi connectivity index (χ2v) is 5.91. The minimum absolute atomic E-state index is 0.00515. The fourth-order valence-electron chi connectivity index (χ4n) is 1.15. The zero-order valence-electron chi connectivity index (χ0n) is 6.66. The van der Waals surface area contributed by atoms with Crippen molar-refractivity contribution in [3.8, 4) is 11.5 Å². The lowest BCUT2D eigenvalue weighted by molar-refractivity contribution is 0.172. The highest BCUT2D eigenvalue weighted by Crippen LogP contribution is 2.43. The summed E-state index contributed by atoms with van der Waals surface area (Å²) in [4.78, 5) is -0.0887. The molecule has 0 atom stereocenters. The normalized spacial score (nSPS) is 14.4. The van der Waals surface area contributed by atoms with E-state index in [2.05, 4.69) is 15.9 Å². The highest BCUT2D eigenvalue weighted by molar-refractivity contribution is 9.10. The molecule has 0 amide bonds. The van der Waals surface area contributed by atoms with Crippen LogP contribution in [0.25, 0.3) is 0 Å². The molecule has 0 aromatic heterocycles. The Kier molecular flexibility index (Phi) is 2.36. The molecule has 1 heterocycles. The molecule has 0 fully saturated rings. The largest absolute Gasteiger partial charge is 0.454 e. The van der Waals surface area contributed by atoms with Gasteiger partial charge in [-0.05, 0) is 28.1 Å². The molecule has 1 aliphatic heterocycles. The lowest BCUT2D eigenvalue weighted by atomic mass is 10.3. The van der Waals surface area contributed by atoms with Gasteiger partial charge in [-0.3, -0.25) is 0 Å². The van der Waals surface area contributed by atoms with Crippen LogP contribution in [0.1, 0.15) is 0 Å². The van der Waals surface area contributed by atoms with E-state index in [0.29, 0.717) is 10.2 Å². The average Bonchev–Trinajstić information content (AvgIpc) is 2.48. The third kappa shape index (κ3) is 1.57. The summed E-state index contributed by atoms with van der Waals surface area (Å²) in [7, 11) is 1.42. The van der Waals surface area contributed by atoms with E-state index >= 15 is 0 Å². The molecule has 76 valence electrons. The van der Waals surface area contributed by atoms with Crippen LogP contribution in [0.5, 0.6) is 11.5 Å².